The summed E-state index contributed by atoms with van der Waals surface area (Å²) in [7, 11) is 0. The highest BCUT2D eigenvalue weighted by Gasteiger charge is 2.54. The van der Waals surface area contributed by atoms with Crippen LogP contribution in [-0.4, -0.2) is 36.0 Å². The second kappa shape index (κ2) is 6.37. The number of ether oxygens (including phenoxy) is 2. The minimum Gasteiger partial charge on any atom is -0.481 e. The molecule has 0 saturated heterocycles. The summed E-state index contributed by atoms with van der Waals surface area (Å²) in [5, 5.41) is 11.7. The van der Waals surface area contributed by atoms with Gasteiger partial charge in [-0.3, -0.25) is 9.59 Å². The van der Waals surface area contributed by atoms with Crippen LogP contribution in [0.3, 0.4) is 0 Å². The summed E-state index contributed by atoms with van der Waals surface area (Å²) >= 11 is 0. The van der Waals surface area contributed by atoms with Gasteiger partial charge in [-0.15, -0.1) is 0 Å². The van der Waals surface area contributed by atoms with E-state index in [4.69, 9.17) is 14.6 Å². The van der Waals surface area contributed by atoms with Gasteiger partial charge in [0.1, 0.15) is 0 Å². The summed E-state index contributed by atoms with van der Waals surface area (Å²) in [5.41, 5.74) is -0.451. The van der Waals surface area contributed by atoms with Gasteiger partial charge in [0.25, 0.3) is 0 Å². The molecule has 2 aliphatic rings. The van der Waals surface area contributed by atoms with Crippen LogP contribution in [0.2, 0.25) is 0 Å². The summed E-state index contributed by atoms with van der Waals surface area (Å²) < 4.78 is 9.58. The molecule has 0 aliphatic heterocycles. The van der Waals surface area contributed by atoms with Crippen molar-refractivity contribution in [1.29, 1.82) is 0 Å². The molecule has 0 aromatic heterocycles. The number of carboxylic acid groups (broad SMARTS) is 1. The van der Waals surface area contributed by atoms with Gasteiger partial charge < -0.3 is 19.9 Å². The number of nitrogens with one attached hydrogen (secondary N) is 1. The molecular formula is C15H21NO6. The van der Waals surface area contributed by atoms with E-state index in [1.165, 1.54) is 13.8 Å². The summed E-state index contributed by atoms with van der Waals surface area (Å²) in [5.74, 6) is -0.741. The van der Waals surface area contributed by atoms with E-state index in [0.29, 0.717) is 5.92 Å². The lowest BCUT2D eigenvalue weighted by atomic mass is 9.53. The molecule has 0 bridgehead atoms. The third-order valence-corrected chi connectivity index (χ3v) is 4.36. The second-order valence-corrected chi connectivity index (χ2v) is 6.02. The van der Waals surface area contributed by atoms with E-state index in [0.717, 1.165) is 12.8 Å². The first-order valence-corrected chi connectivity index (χ1v) is 7.32. The van der Waals surface area contributed by atoms with Crippen LogP contribution in [0.1, 0.15) is 33.1 Å². The third kappa shape index (κ3) is 3.58. The zero-order valence-electron chi connectivity index (χ0n) is 12.7. The second-order valence-electron chi connectivity index (χ2n) is 6.02. The molecule has 7 nitrogen and oxygen atoms in total. The first-order valence-electron chi connectivity index (χ1n) is 7.32. The van der Waals surface area contributed by atoms with E-state index in [1.807, 2.05) is 6.08 Å². The van der Waals surface area contributed by atoms with Gasteiger partial charge in [-0.25, -0.2) is 4.79 Å². The summed E-state index contributed by atoms with van der Waals surface area (Å²) in [6.45, 7) is 2.89. The van der Waals surface area contributed by atoms with Crippen LogP contribution < -0.4 is 5.32 Å². The highest BCUT2D eigenvalue weighted by molar-refractivity contribution is 5.70. The molecule has 0 aromatic carbocycles. The number of carboxylic acids is 1. The lowest BCUT2D eigenvalue weighted by Crippen LogP contribution is -2.53. The number of hydrogen-bond donors (Lipinski definition) is 2. The molecule has 7 heteroatoms. The number of carbonyl (C=O) groups excluding carboxylic acids is 2. The molecule has 122 valence electrons. The fourth-order valence-corrected chi connectivity index (χ4v) is 3.56. The highest BCUT2D eigenvalue weighted by atomic mass is 16.7. The van der Waals surface area contributed by atoms with Gasteiger partial charge in [0.05, 0.1) is 6.42 Å². The van der Waals surface area contributed by atoms with E-state index >= 15 is 0 Å². The van der Waals surface area contributed by atoms with Crippen LogP contribution in [0.5, 0.6) is 0 Å². The van der Waals surface area contributed by atoms with Crippen LogP contribution in [0.25, 0.3) is 0 Å². The van der Waals surface area contributed by atoms with Crippen LogP contribution in [0.4, 0.5) is 4.79 Å². The molecule has 1 fully saturated rings. The van der Waals surface area contributed by atoms with Gasteiger partial charge in [-0.1, -0.05) is 12.2 Å². The summed E-state index contributed by atoms with van der Waals surface area (Å²) in [6.07, 6.45) is 4.18. The molecule has 1 amide bonds. The van der Waals surface area contributed by atoms with Crippen molar-refractivity contribution >= 4 is 18.0 Å². The van der Waals surface area contributed by atoms with E-state index < -0.39 is 29.7 Å². The maximum atomic E-state index is 11.7. The van der Waals surface area contributed by atoms with E-state index in [1.54, 1.807) is 0 Å². The zero-order chi connectivity index (χ0) is 16.3. The normalized spacial score (nSPS) is 29.9. The van der Waals surface area contributed by atoms with Crippen molar-refractivity contribution in [1.82, 2.24) is 5.32 Å². The molecule has 2 N–H and O–H groups in total. The number of carbonyl (C=O) groups is 3. The van der Waals surface area contributed by atoms with E-state index in [-0.39, 0.29) is 18.9 Å². The molecule has 0 aromatic rings. The predicted molar refractivity (Wildman–Crippen MR) is 75.8 cm³/mol. The quantitative estimate of drug-likeness (QED) is 0.439. The molecule has 22 heavy (non-hydrogen) atoms. The molecule has 0 radical (unpaired) electrons. The standard InChI is InChI=1S/C15H21NO6/c1-9(17)21-10(2)22-14(20)16-8-15(7-13(18)19)6-11-4-3-5-12(11)15/h3,5,10-12H,4,6-8H2,1-2H3,(H,16,20)(H,18,19)/t10?,11-,12-,15-/m0/s1. The number of rotatable bonds is 6. The van der Waals surface area contributed by atoms with Gasteiger partial charge in [0.15, 0.2) is 0 Å². The number of hydrogen-bond acceptors (Lipinski definition) is 5. The average Bonchev–Trinajstić information content (AvgIpc) is 2.75. The number of amides is 1. The van der Waals surface area contributed by atoms with Crippen molar-refractivity contribution < 1.29 is 29.0 Å². The molecule has 0 spiro atoms. The Labute approximate surface area is 128 Å². The smallest absolute Gasteiger partial charge is 0.410 e. The molecule has 0 heterocycles. The van der Waals surface area contributed by atoms with E-state index in [9.17, 15) is 14.4 Å². The zero-order valence-corrected chi connectivity index (χ0v) is 12.7. The van der Waals surface area contributed by atoms with Crippen molar-refractivity contribution in [3.63, 3.8) is 0 Å². The fraction of sp³-hybridized carbons (Fsp3) is 0.667. The monoisotopic (exact) mass is 311 g/mol. The Morgan fingerprint density at radius 3 is 2.73 bits per heavy atom. The number of alkyl carbamates (subject to hydrolysis) is 1. The van der Waals surface area contributed by atoms with Crippen molar-refractivity contribution in [3.05, 3.63) is 12.2 Å². The van der Waals surface area contributed by atoms with Crippen LogP contribution in [0, 0.1) is 17.3 Å². The fourth-order valence-electron chi connectivity index (χ4n) is 3.56. The molecule has 1 saturated carbocycles. The molecule has 1 unspecified atom stereocenters. The minimum atomic E-state index is -0.978. The van der Waals surface area contributed by atoms with Gasteiger partial charge in [-0.2, -0.15) is 0 Å². The first-order chi connectivity index (χ1) is 10.3. The lowest BCUT2D eigenvalue weighted by Gasteiger charge is -2.51. The average molecular weight is 311 g/mol. The van der Waals surface area contributed by atoms with Crippen molar-refractivity contribution in [3.8, 4) is 0 Å². The predicted octanol–water partition coefficient (Wildman–Crippen LogP) is 1.68. The largest absolute Gasteiger partial charge is 0.481 e. The lowest BCUT2D eigenvalue weighted by molar-refractivity contribution is -0.162. The van der Waals surface area contributed by atoms with Crippen LogP contribution in [-0.2, 0) is 19.1 Å². The number of fused-ring (bicyclic) bond motifs is 1. The topological polar surface area (TPSA) is 102 Å². The van der Waals surface area contributed by atoms with Crippen LogP contribution in [0.15, 0.2) is 12.2 Å². The number of aliphatic carboxylic acids is 1. The maximum absolute atomic E-state index is 11.7. The number of esters is 1. The van der Waals surface area contributed by atoms with Crippen molar-refractivity contribution in [2.24, 2.45) is 17.3 Å². The molecule has 2 aliphatic carbocycles. The Morgan fingerprint density at radius 1 is 1.41 bits per heavy atom. The Hall–Kier alpha value is -2.05. The Bertz CT molecular complexity index is 502. The Balaban J connectivity index is 1.87. The number of allylic oxidation sites excluding steroid dienone is 2. The maximum Gasteiger partial charge on any atom is 0.410 e. The van der Waals surface area contributed by atoms with Crippen LogP contribution >= 0.6 is 0 Å². The summed E-state index contributed by atoms with van der Waals surface area (Å²) in [4.78, 5) is 33.6. The molecule has 2 rings (SSSR count). The minimum absolute atomic E-state index is 0.0122. The van der Waals surface area contributed by atoms with Gasteiger partial charge in [0.2, 0.25) is 6.29 Å². The van der Waals surface area contributed by atoms with E-state index in [2.05, 4.69) is 11.4 Å². The Kier molecular flexibility index (Phi) is 4.73. The first kappa shape index (κ1) is 16.3. The highest BCUT2D eigenvalue weighted by Crippen LogP contribution is 2.57. The SMILES string of the molecule is CC(=O)OC(C)OC(=O)NC[C@@]1(CC(=O)O)C[C@@H]2CC=C[C@@H]21. The van der Waals surface area contributed by atoms with Crippen molar-refractivity contribution in [2.45, 2.75) is 39.4 Å². The van der Waals surface area contributed by atoms with Gasteiger partial charge in [-0.05, 0) is 24.7 Å². The summed E-state index contributed by atoms with van der Waals surface area (Å²) in [6, 6.07) is 0. The Morgan fingerprint density at radius 2 is 2.14 bits per heavy atom. The molecule has 4 atom stereocenters. The molecular weight excluding hydrogens is 290 g/mol. The van der Waals surface area contributed by atoms with Gasteiger partial charge >= 0.3 is 18.0 Å². The van der Waals surface area contributed by atoms with Gasteiger partial charge in [0, 0.05) is 25.8 Å². The third-order valence-electron chi connectivity index (χ3n) is 4.36. The van der Waals surface area contributed by atoms with Crippen molar-refractivity contribution in [2.75, 3.05) is 6.54 Å².